The Kier molecular flexibility index (Phi) is 7.23. The maximum Gasteiger partial charge on any atom is 0.262 e. The largest absolute Gasteiger partial charge is 0.493 e. The number of Topliss-reactive ketones (excluding diaryl/α,β-unsaturated/α-hetero) is 1. The van der Waals surface area contributed by atoms with E-state index in [0.717, 1.165) is 18.8 Å². The van der Waals surface area contributed by atoms with E-state index in [4.69, 9.17) is 9.47 Å². The van der Waals surface area contributed by atoms with Crippen LogP contribution in [0.2, 0.25) is 0 Å². The molecule has 0 fully saturated rings. The highest BCUT2D eigenvalue weighted by Crippen LogP contribution is 2.28. The molecule has 2 rings (SSSR count). The van der Waals surface area contributed by atoms with Gasteiger partial charge < -0.3 is 19.7 Å². The fourth-order valence-corrected chi connectivity index (χ4v) is 2.69. The number of anilines is 2. The smallest absolute Gasteiger partial charge is 0.262 e. The van der Waals surface area contributed by atoms with Crippen molar-refractivity contribution < 1.29 is 19.1 Å². The normalized spacial score (nSPS) is 10.2. The summed E-state index contributed by atoms with van der Waals surface area (Å²) in [6, 6.07) is 12.6. The number of amides is 1. The summed E-state index contributed by atoms with van der Waals surface area (Å²) in [6.07, 6.45) is 0. The van der Waals surface area contributed by atoms with Crippen molar-refractivity contribution in [2.75, 3.05) is 37.0 Å². The first-order valence-corrected chi connectivity index (χ1v) is 8.95. The van der Waals surface area contributed by atoms with Crippen LogP contribution in [0, 0.1) is 0 Å². The molecular formula is C21H26N2O4. The van der Waals surface area contributed by atoms with E-state index < -0.39 is 0 Å². The molecule has 0 bridgehead atoms. The second kappa shape index (κ2) is 9.62. The summed E-state index contributed by atoms with van der Waals surface area (Å²) in [7, 11) is 1.49. The number of methoxy groups -OCH3 is 1. The minimum absolute atomic E-state index is 0.0641. The van der Waals surface area contributed by atoms with Crippen LogP contribution in [-0.4, -0.2) is 38.5 Å². The van der Waals surface area contributed by atoms with E-state index in [9.17, 15) is 9.59 Å². The first-order chi connectivity index (χ1) is 13.0. The average Bonchev–Trinajstić information content (AvgIpc) is 2.68. The molecule has 6 nitrogen and oxygen atoms in total. The van der Waals surface area contributed by atoms with Gasteiger partial charge in [0, 0.05) is 30.0 Å². The van der Waals surface area contributed by atoms with Crippen LogP contribution in [0.15, 0.2) is 42.5 Å². The molecule has 0 atom stereocenters. The summed E-state index contributed by atoms with van der Waals surface area (Å²) in [4.78, 5) is 25.8. The molecular weight excluding hydrogens is 344 g/mol. The second-order valence-electron chi connectivity index (χ2n) is 5.98. The van der Waals surface area contributed by atoms with Gasteiger partial charge in [-0.05, 0) is 63.2 Å². The molecule has 0 saturated heterocycles. The molecule has 0 aromatic heterocycles. The molecule has 0 saturated carbocycles. The van der Waals surface area contributed by atoms with Crippen molar-refractivity contribution in [3.8, 4) is 11.5 Å². The highest BCUT2D eigenvalue weighted by atomic mass is 16.5. The van der Waals surface area contributed by atoms with Crippen LogP contribution < -0.4 is 19.7 Å². The Morgan fingerprint density at radius 3 is 2.22 bits per heavy atom. The van der Waals surface area contributed by atoms with E-state index in [1.165, 1.54) is 14.0 Å². The van der Waals surface area contributed by atoms with Gasteiger partial charge in [-0.25, -0.2) is 0 Å². The van der Waals surface area contributed by atoms with Crippen molar-refractivity contribution in [1.29, 1.82) is 0 Å². The van der Waals surface area contributed by atoms with Gasteiger partial charge in [0.15, 0.2) is 23.9 Å². The van der Waals surface area contributed by atoms with Gasteiger partial charge in [-0.2, -0.15) is 0 Å². The minimum atomic E-state index is -0.275. The molecule has 0 spiro atoms. The molecule has 0 radical (unpaired) electrons. The van der Waals surface area contributed by atoms with E-state index >= 15 is 0 Å². The molecule has 0 aliphatic carbocycles. The topological polar surface area (TPSA) is 67.9 Å². The van der Waals surface area contributed by atoms with Gasteiger partial charge in [-0.3, -0.25) is 9.59 Å². The van der Waals surface area contributed by atoms with Gasteiger partial charge in [0.2, 0.25) is 0 Å². The summed E-state index contributed by atoms with van der Waals surface area (Å²) < 4.78 is 10.8. The number of ketones is 1. The number of nitrogens with one attached hydrogen (secondary N) is 1. The van der Waals surface area contributed by atoms with Crippen molar-refractivity contribution in [2.24, 2.45) is 0 Å². The first-order valence-electron chi connectivity index (χ1n) is 8.95. The Labute approximate surface area is 160 Å². The lowest BCUT2D eigenvalue weighted by Crippen LogP contribution is -2.22. The van der Waals surface area contributed by atoms with E-state index in [-0.39, 0.29) is 18.3 Å². The monoisotopic (exact) mass is 370 g/mol. The van der Waals surface area contributed by atoms with Crippen molar-refractivity contribution in [3.05, 3.63) is 48.0 Å². The zero-order chi connectivity index (χ0) is 19.8. The van der Waals surface area contributed by atoms with Gasteiger partial charge in [-0.1, -0.05) is 0 Å². The third kappa shape index (κ3) is 5.48. The maximum absolute atomic E-state index is 12.2. The quantitative estimate of drug-likeness (QED) is 0.681. The molecule has 2 aromatic carbocycles. The minimum Gasteiger partial charge on any atom is -0.493 e. The number of rotatable bonds is 9. The van der Waals surface area contributed by atoms with Gasteiger partial charge >= 0.3 is 0 Å². The molecule has 0 aliphatic rings. The summed E-state index contributed by atoms with van der Waals surface area (Å²) in [6.45, 7) is 7.39. The van der Waals surface area contributed by atoms with Gasteiger partial charge in [0.05, 0.1) is 7.11 Å². The standard InChI is InChI=1S/C21H26N2O4/c1-5-23(6-2)18-10-8-17(9-11-18)22-21(25)14-27-19-12-7-16(15(3)24)13-20(19)26-4/h7-13H,5-6,14H2,1-4H3,(H,22,25). The number of carbonyl (C=O) groups is 2. The van der Waals surface area contributed by atoms with Crippen molar-refractivity contribution in [1.82, 2.24) is 0 Å². The van der Waals surface area contributed by atoms with Crippen molar-refractivity contribution >= 4 is 23.1 Å². The van der Waals surface area contributed by atoms with E-state index in [2.05, 4.69) is 24.1 Å². The fraction of sp³-hybridized carbons (Fsp3) is 0.333. The first kappa shape index (κ1) is 20.3. The van der Waals surface area contributed by atoms with Crippen LogP contribution in [0.5, 0.6) is 11.5 Å². The zero-order valence-corrected chi connectivity index (χ0v) is 16.2. The van der Waals surface area contributed by atoms with Gasteiger partial charge in [0.25, 0.3) is 5.91 Å². The van der Waals surface area contributed by atoms with E-state index in [1.807, 2.05) is 24.3 Å². The summed E-state index contributed by atoms with van der Waals surface area (Å²) >= 11 is 0. The van der Waals surface area contributed by atoms with Crippen LogP contribution >= 0.6 is 0 Å². The highest BCUT2D eigenvalue weighted by Gasteiger charge is 2.11. The Balaban J connectivity index is 1.95. The third-order valence-electron chi connectivity index (χ3n) is 4.21. The number of hydrogen-bond donors (Lipinski definition) is 1. The van der Waals surface area contributed by atoms with Crippen molar-refractivity contribution in [2.45, 2.75) is 20.8 Å². The molecule has 1 amide bonds. The molecule has 0 aliphatic heterocycles. The molecule has 27 heavy (non-hydrogen) atoms. The molecule has 2 aromatic rings. The number of benzene rings is 2. The Morgan fingerprint density at radius 1 is 1.00 bits per heavy atom. The lowest BCUT2D eigenvalue weighted by molar-refractivity contribution is -0.118. The molecule has 144 valence electrons. The zero-order valence-electron chi connectivity index (χ0n) is 16.2. The third-order valence-corrected chi connectivity index (χ3v) is 4.21. The fourth-order valence-electron chi connectivity index (χ4n) is 2.69. The number of ether oxygens (including phenoxy) is 2. The van der Waals surface area contributed by atoms with Gasteiger partial charge in [0.1, 0.15) is 0 Å². The summed E-state index contributed by atoms with van der Waals surface area (Å²) in [5, 5.41) is 2.80. The van der Waals surface area contributed by atoms with E-state index in [0.29, 0.717) is 22.7 Å². The number of carbonyl (C=O) groups excluding carboxylic acids is 2. The predicted molar refractivity (Wildman–Crippen MR) is 107 cm³/mol. The summed E-state index contributed by atoms with van der Waals surface area (Å²) in [5.41, 5.74) is 2.35. The Bertz CT molecular complexity index is 783. The number of nitrogens with zero attached hydrogens (tertiary/aromatic N) is 1. The lowest BCUT2D eigenvalue weighted by atomic mass is 10.1. The SMILES string of the molecule is CCN(CC)c1ccc(NC(=O)COc2ccc(C(C)=O)cc2OC)cc1. The maximum atomic E-state index is 12.2. The second-order valence-corrected chi connectivity index (χ2v) is 5.98. The Morgan fingerprint density at radius 2 is 1.67 bits per heavy atom. The van der Waals surface area contributed by atoms with Crippen LogP contribution in [-0.2, 0) is 4.79 Å². The van der Waals surface area contributed by atoms with E-state index in [1.54, 1.807) is 18.2 Å². The molecule has 0 heterocycles. The van der Waals surface area contributed by atoms with Crippen LogP contribution in [0.25, 0.3) is 0 Å². The van der Waals surface area contributed by atoms with Crippen LogP contribution in [0.3, 0.4) is 0 Å². The van der Waals surface area contributed by atoms with Crippen LogP contribution in [0.4, 0.5) is 11.4 Å². The highest BCUT2D eigenvalue weighted by molar-refractivity contribution is 5.95. The summed E-state index contributed by atoms with van der Waals surface area (Å²) in [5.74, 6) is 0.489. The Hall–Kier alpha value is -3.02. The van der Waals surface area contributed by atoms with Gasteiger partial charge in [-0.15, -0.1) is 0 Å². The lowest BCUT2D eigenvalue weighted by Gasteiger charge is -2.21. The van der Waals surface area contributed by atoms with Crippen LogP contribution in [0.1, 0.15) is 31.1 Å². The average molecular weight is 370 g/mol. The molecule has 0 unspecified atom stereocenters. The molecule has 1 N–H and O–H groups in total. The molecule has 6 heteroatoms. The predicted octanol–water partition coefficient (Wildman–Crippen LogP) is 3.76. The van der Waals surface area contributed by atoms with Crippen molar-refractivity contribution in [3.63, 3.8) is 0 Å². The number of hydrogen-bond acceptors (Lipinski definition) is 5.